The van der Waals surface area contributed by atoms with Crippen LogP contribution in [0, 0.1) is 0 Å². The van der Waals surface area contributed by atoms with E-state index >= 15 is 0 Å². The average Bonchev–Trinajstić information content (AvgIpc) is 2.45. The minimum Gasteiger partial charge on any atom is -0.344 e. The molecule has 1 fully saturated rings. The fraction of sp³-hybridized carbons (Fsp3) is 0.778. The normalized spacial score (nSPS) is 18.4. The van der Waals surface area contributed by atoms with Gasteiger partial charge in [-0.2, -0.15) is 4.37 Å². The highest BCUT2D eigenvalue weighted by molar-refractivity contribution is 7.09. The van der Waals surface area contributed by atoms with Crippen LogP contribution in [0.2, 0.25) is 0 Å². The smallest absolute Gasteiger partial charge is 0.205 e. The Bertz CT molecular complexity index is 322. The average molecular weight is 212 g/mol. The molecule has 2 N–H and O–H groups in total. The Balaban J connectivity index is 2.11. The third-order valence-corrected chi connectivity index (χ3v) is 3.04. The van der Waals surface area contributed by atoms with Gasteiger partial charge in [-0.05, 0) is 0 Å². The van der Waals surface area contributed by atoms with E-state index in [9.17, 15) is 0 Å². The van der Waals surface area contributed by atoms with Crippen LogP contribution in [0.5, 0.6) is 0 Å². The van der Waals surface area contributed by atoms with Crippen LogP contribution in [-0.2, 0) is 5.41 Å². The van der Waals surface area contributed by atoms with Crippen molar-refractivity contribution in [2.75, 3.05) is 18.0 Å². The van der Waals surface area contributed by atoms with Crippen molar-refractivity contribution in [3.8, 4) is 0 Å². The van der Waals surface area contributed by atoms with Gasteiger partial charge in [-0.1, -0.05) is 20.8 Å². The Kier molecular flexibility index (Phi) is 2.23. The molecule has 1 aromatic heterocycles. The van der Waals surface area contributed by atoms with Crippen LogP contribution in [-0.4, -0.2) is 28.5 Å². The van der Waals surface area contributed by atoms with Gasteiger partial charge in [-0.15, -0.1) is 0 Å². The molecule has 2 rings (SSSR count). The van der Waals surface area contributed by atoms with Crippen LogP contribution in [0.15, 0.2) is 0 Å². The van der Waals surface area contributed by atoms with Crippen LogP contribution >= 0.6 is 11.5 Å². The van der Waals surface area contributed by atoms with Crippen LogP contribution in [0.3, 0.4) is 0 Å². The maximum Gasteiger partial charge on any atom is 0.205 e. The maximum atomic E-state index is 5.71. The van der Waals surface area contributed by atoms with Crippen LogP contribution < -0.4 is 10.6 Å². The van der Waals surface area contributed by atoms with E-state index in [1.165, 1.54) is 11.5 Å². The zero-order chi connectivity index (χ0) is 10.3. The van der Waals surface area contributed by atoms with E-state index in [2.05, 4.69) is 35.0 Å². The molecule has 0 amide bonds. The molecule has 2 heterocycles. The van der Waals surface area contributed by atoms with E-state index in [4.69, 9.17) is 5.73 Å². The molecule has 1 aliphatic rings. The molecule has 0 spiro atoms. The highest BCUT2D eigenvalue weighted by Gasteiger charge is 2.28. The first-order chi connectivity index (χ1) is 6.47. The topological polar surface area (TPSA) is 55.0 Å². The predicted octanol–water partition coefficient (Wildman–Crippen LogP) is 0.983. The summed E-state index contributed by atoms with van der Waals surface area (Å²) in [5.41, 5.74) is 5.76. The summed E-state index contributed by atoms with van der Waals surface area (Å²) in [6, 6.07) is 0.317. The molecule has 0 bridgehead atoms. The molecule has 5 heteroatoms. The van der Waals surface area contributed by atoms with E-state index in [1.807, 2.05) is 0 Å². The molecule has 0 saturated carbocycles. The molecule has 1 aliphatic heterocycles. The number of nitrogens with two attached hydrogens (primary N) is 1. The van der Waals surface area contributed by atoms with Gasteiger partial charge in [0, 0.05) is 36.1 Å². The zero-order valence-electron chi connectivity index (χ0n) is 8.82. The largest absolute Gasteiger partial charge is 0.344 e. The summed E-state index contributed by atoms with van der Waals surface area (Å²) in [5, 5.41) is 1.01. The summed E-state index contributed by atoms with van der Waals surface area (Å²) < 4.78 is 4.36. The Morgan fingerprint density at radius 3 is 2.50 bits per heavy atom. The maximum absolute atomic E-state index is 5.71. The van der Waals surface area contributed by atoms with Crippen molar-refractivity contribution in [2.24, 2.45) is 5.73 Å². The fourth-order valence-corrected chi connectivity index (χ4v) is 2.19. The number of nitrogens with zero attached hydrogens (tertiary/aromatic N) is 3. The molecule has 14 heavy (non-hydrogen) atoms. The first-order valence-electron chi connectivity index (χ1n) is 4.81. The van der Waals surface area contributed by atoms with Gasteiger partial charge in [0.25, 0.3) is 0 Å². The molecule has 0 atom stereocenters. The summed E-state index contributed by atoms with van der Waals surface area (Å²) >= 11 is 1.47. The van der Waals surface area contributed by atoms with Gasteiger partial charge in [0.15, 0.2) is 0 Å². The monoisotopic (exact) mass is 212 g/mol. The van der Waals surface area contributed by atoms with E-state index < -0.39 is 0 Å². The van der Waals surface area contributed by atoms with Crippen molar-refractivity contribution in [1.82, 2.24) is 9.36 Å². The Morgan fingerprint density at radius 2 is 2.07 bits per heavy atom. The van der Waals surface area contributed by atoms with Crippen molar-refractivity contribution >= 4 is 16.7 Å². The lowest BCUT2D eigenvalue weighted by atomic mass is 9.96. The molecule has 0 radical (unpaired) electrons. The van der Waals surface area contributed by atoms with Gasteiger partial charge >= 0.3 is 0 Å². The summed E-state index contributed by atoms with van der Waals surface area (Å²) in [7, 11) is 0. The van der Waals surface area contributed by atoms with Gasteiger partial charge in [0.1, 0.15) is 5.82 Å². The molecule has 1 saturated heterocycles. The molecule has 0 aliphatic carbocycles. The second-order valence-electron chi connectivity index (χ2n) is 4.82. The fourth-order valence-electron chi connectivity index (χ4n) is 1.32. The lowest BCUT2D eigenvalue weighted by Crippen LogP contribution is -2.55. The molecule has 0 unspecified atom stereocenters. The summed E-state index contributed by atoms with van der Waals surface area (Å²) in [6.45, 7) is 8.21. The van der Waals surface area contributed by atoms with E-state index in [-0.39, 0.29) is 5.41 Å². The molecular formula is C9H16N4S. The van der Waals surface area contributed by atoms with Crippen LogP contribution in [0.25, 0.3) is 0 Å². The quantitative estimate of drug-likeness (QED) is 0.754. The minimum absolute atomic E-state index is 0.0434. The lowest BCUT2D eigenvalue weighted by Gasteiger charge is -2.36. The minimum atomic E-state index is 0.0434. The van der Waals surface area contributed by atoms with E-state index in [0.717, 1.165) is 24.0 Å². The standard InChI is InChI=1S/C9H16N4S/c1-9(2,3)7-11-8(14-12-7)13-4-6(10)5-13/h6H,4-5,10H2,1-3H3. The van der Waals surface area contributed by atoms with Gasteiger partial charge in [-0.3, -0.25) is 0 Å². The Labute approximate surface area is 88.3 Å². The second kappa shape index (κ2) is 3.17. The molecular weight excluding hydrogens is 196 g/mol. The molecule has 0 aromatic carbocycles. The lowest BCUT2D eigenvalue weighted by molar-refractivity contribution is 0.513. The van der Waals surface area contributed by atoms with Crippen molar-refractivity contribution in [3.05, 3.63) is 5.82 Å². The van der Waals surface area contributed by atoms with Crippen LogP contribution in [0.1, 0.15) is 26.6 Å². The first-order valence-corrected chi connectivity index (χ1v) is 5.59. The molecule has 78 valence electrons. The third-order valence-electron chi connectivity index (χ3n) is 2.27. The summed E-state index contributed by atoms with van der Waals surface area (Å²) in [6.07, 6.45) is 0. The van der Waals surface area contributed by atoms with Crippen molar-refractivity contribution in [3.63, 3.8) is 0 Å². The summed E-state index contributed by atoms with van der Waals surface area (Å²) in [5.74, 6) is 0.929. The number of hydrogen-bond donors (Lipinski definition) is 1. The Hall–Kier alpha value is -0.680. The van der Waals surface area contributed by atoms with Crippen LogP contribution in [0.4, 0.5) is 5.13 Å². The van der Waals surface area contributed by atoms with Gasteiger partial charge < -0.3 is 10.6 Å². The van der Waals surface area contributed by atoms with Crippen molar-refractivity contribution < 1.29 is 0 Å². The molecule has 4 nitrogen and oxygen atoms in total. The van der Waals surface area contributed by atoms with E-state index in [1.54, 1.807) is 0 Å². The summed E-state index contributed by atoms with van der Waals surface area (Å²) in [4.78, 5) is 6.69. The number of hydrogen-bond acceptors (Lipinski definition) is 5. The van der Waals surface area contributed by atoms with Crippen molar-refractivity contribution in [2.45, 2.75) is 32.2 Å². The molecule has 1 aromatic rings. The van der Waals surface area contributed by atoms with E-state index in [0.29, 0.717) is 6.04 Å². The first kappa shape index (κ1) is 9.86. The second-order valence-corrected chi connectivity index (χ2v) is 5.55. The third kappa shape index (κ3) is 1.74. The zero-order valence-corrected chi connectivity index (χ0v) is 9.64. The number of rotatable bonds is 1. The van der Waals surface area contributed by atoms with Crippen molar-refractivity contribution in [1.29, 1.82) is 0 Å². The predicted molar refractivity (Wildman–Crippen MR) is 58.8 cm³/mol. The van der Waals surface area contributed by atoms with Gasteiger partial charge in [0.2, 0.25) is 5.13 Å². The van der Waals surface area contributed by atoms with Gasteiger partial charge in [0.05, 0.1) is 0 Å². The number of aromatic nitrogens is 2. The Morgan fingerprint density at radius 1 is 1.43 bits per heavy atom. The highest BCUT2D eigenvalue weighted by Crippen LogP contribution is 2.27. The highest BCUT2D eigenvalue weighted by atomic mass is 32.1. The number of anilines is 1. The van der Waals surface area contributed by atoms with Gasteiger partial charge in [-0.25, -0.2) is 4.98 Å². The SMILES string of the molecule is CC(C)(C)c1nsc(N2CC(N)C2)n1.